The van der Waals surface area contributed by atoms with Gasteiger partial charge < -0.3 is 37.4 Å². The van der Waals surface area contributed by atoms with Crippen LogP contribution < -0.4 is 22.1 Å². The maximum absolute atomic E-state index is 12.9. The zero-order valence-corrected chi connectivity index (χ0v) is 31.6. The van der Waals surface area contributed by atoms with Gasteiger partial charge in [0, 0.05) is 23.5 Å². The minimum Gasteiger partial charge on any atom is -0.507 e. The summed E-state index contributed by atoms with van der Waals surface area (Å²) in [6.07, 6.45) is 0. The molecule has 0 unspecified atom stereocenters. The van der Waals surface area contributed by atoms with Crippen LogP contribution in [0.2, 0.25) is 0 Å². The molecule has 22 nitrogen and oxygen atoms in total. The van der Waals surface area contributed by atoms with Gasteiger partial charge in [-0.3, -0.25) is 13.7 Å². The number of anilines is 4. The first kappa shape index (κ1) is 41.3. The van der Waals surface area contributed by atoms with Gasteiger partial charge in [0.15, 0.2) is 0 Å². The predicted molar refractivity (Wildman–Crippen MR) is 210 cm³/mol. The number of phenolic OH excluding ortho intramolecular Hbond substituents is 2. The summed E-state index contributed by atoms with van der Waals surface area (Å²) in [5.41, 5.74) is 9.98. The number of carbonyl (C=O) groups is 2. The quantitative estimate of drug-likeness (QED) is 0.0400. The number of amides is 2. The number of carboxylic acid groups (broad SMARTS) is 1. The molecule has 0 aromatic heterocycles. The van der Waals surface area contributed by atoms with Crippen molar-refractivity contribution in [1.29, 1.82) is 0 Å². The summed E-state index contributed by atoms with van der Waals surface area (Å²) in [5, 5.41) is 51.3. The number of benzene rings is 6. The first-order valence-electron chi connectivity index (χ1n) is 16.0. The molecular weight excluding hydrogens is 841 g/mol. The summed E-state index contributed by atoms with van der Waals surface area (Å²) in [7, 11) is -14.4. The van der Waals surface area contributed by atoms with Gasteiger partial charge in [-0.05, 0) is 71.4 Å². The topological polar surface area (TPSA) is 383 Å². The Morgan fingerprint density at radius 1 is 0.542 bits per heavy atom. The fourth-order valence-corrected chi connectivity index (χ4v) is 7.32. The van der Waals surface area contributed by atoms with Crippen molar-refractivity contribution >= 4 is 109 Å². The number of carboxylic acids is 1. The highest BCUT2D eigenvalue weighted by Gasteiger charge is 2.21. The molecule has 6 aromatic rings. The molecule has 0 heterocycles. The Kier molecular flexibility index (Phi) is 10.7. The number of aromatic hydroxyl groups is 2. The van der Waals surface area contributed by atoms with E-state index in [9.17, 15) is 63.8 Å². The van der Waals surface area contributed by atoms with Crippen molar-refractivity contribution in [2.45, 2.75) is 14.7 Å². The van der Waals surface area contributed by atoms with E-state index in [1.165, 1.54) is 30.3 Å². The molecule has 2 amide bonds. The standard InChI is InChI=1S/C34H26N8O14S3/c35-22-5-1-15-9-19(57(48,49)50)13-26(43)29(15)31(22)41-39-24-7-3-17(11-21(24)33(45)46)37-34(47)38-18-4-8-25(28(12-18)59(54,55)56)40-42-32-23(36)6-2-16-10-20(58(51,52)53)14-27(44)30(16)32/h1-14,43-44H,35-36H2,(H,45,46)(H2,37,38,47)(H,48,49,50)(H,51,52,53)(H,54,55,56). The second kappa shape index (κ2) is 15.2. The average molecular weight is 867 g/mol. The van der Waals surface area contributed by atoms with Crippen molar-refractivity contribution < 1.29 is 63.8 Å². The molecule has 304 valence electrons. The van der Waals surface area contributed by atoms with Crippen LogP contribution in [0.15, 0.2) is 120 Å². The molecule has 0 spiro atoms. The lowest BCUT2D eigenvalue weighted by atomic mass is 10.1. The average Bonchev–Trinajstić information content (AvgIpc) is 3.13. The molecule has 6 aromatic carbocycles. The van der Waals surface area contributed by atoms with Crippen molar-refractivity contribution in [1.82, 2.24) is 0 Å². The van der Waals surface area contributed by atoms with Crippen LogP contribution in [0.25, 0.3) is 21.5 Å². The van der Waals surface area contributed by atoms with E-state index in [-0.39, 0.29) is 61.4 Å². The lowest BCUT2D eigenvalue weighted by molar-refractivity contribution is 0.0697. The van der Waals surface area contributed by atoms with Crippen LogP contribution >= 0.6 is 0 Å². The van der Waals surface area contributed by atoms with E-state index >= 15 is 0 Å². The van der Waals surface area contributed by atoms with Gasteiger partial charge in [0.1, 0.15) is 39.1 Å². The molecule has 0 radical (unpaired) electrons. The molecule has 6 rings (SSSR count). The molecular formula is C34H26N8O14S3. The Morgan fingerprint density at radius 3 is 1.42 bits per heavy atom. The van der Waals surface area contributed by atoms with Crippen LogP contribution in [-0.2, 0) is 30.4 Å². The monoisotopic (exact) mass is 866 g/mol. The minimum atomic E-state index is -5.05. The molecule has 0 aliphatic carbocycles. The molecule has 0 aliphatic rings. The number of fused-ring (bicyclic) bond motifs is 2. The lowest BCUT2D eigenvalue weighted by Crippen LogP contribution is -2.19. The second-order valence-electron chi connectivity index (χ2n) is 12.2. The lowest BCUT2D eigenvalue weighted by Gasteiger charge is -2.11. The van der Waals surface area contributed by atoms with Crippen LogP contribution in [0.5, 0.6) is 11.5 Å². The molecule has 0 bridgehead atoms. The first-order valence-corrected chi connectivity index (χ1v) is 20.3. The number of aromatic carboxylic acids is 1. The molecule has 0 fully saturated rings. The van der Waals surface area contributed by atoms with Crippen LogP contribution in [0, 0.1) is 0 Å². The predicted octanol–water partition coefficient (Wildman–Crippen LogP) is 6.48. The van der Waals surface area contributed by atoms with E-state index in [1.54, 1.807) is 0 Å². The van der Waals surface area contributed by atoms with Crippen molar-refractivity contribution in [3.8, 4) is 11.5 Å². The number of hydrogen-bond acceptors (Lipinski definition) is 16. The van der Waals surface area contributed by atoms with E-state index in [4.69, 9.17) is 11.5 Å². The number of azo groups is 2. The molecule has 0 saturated carbocycles. The number of urea groups is 1. The maximum Gasteiger partial charge on any atom is 0.338 e. The zero-order chi connectivity index (χ0) is 43.2. The fraction of sp³-hybridized carbons (Fsp3) is 0. The van der Waals surface area contributed by atoms with E-state index in [0.29, 0.717) is 0 Å². The van der Waals surface area contributed by atoms with Crippen molar-refractivity contribution in [2.75, 3.05) is 22.1 Å². The fourth-order valence-electron chi connectivity index (χ4n) is 5.60. The minimum absolute atomic E-state index is 0.0369. The Labute approximate surface area is 331 Å². The zero-order valence-electron chi connectivity index (χ0n) is 29.2. The molecule has 0 aliphatic heterocycles. The first-order chi connectivity index (χ1) is 27.5. The Hall–Kier alpha value is -7.29. The van der Waals surface area contributed by atoms with Crippen molar-refractivity contribution in [2.24, 2.45) is 20.5 Å². The van der Waals surface area contributed by atoms with E-state index in [2.05, 4.69) is 31.1 Å². The van der Waals surface area contributed by atoms with Crippen LogP contribution in [-0.4, -0.2) is 66.2 Å². The summed E-state index contributed by atoms with van der Waals surface area (Å²) in [4.78, 5) is 23.0. The number of nitrogen functional groups attached to an aromatic ring is 2. The van der Waals surface area contributed by atoms with E-state index in [1.807, 2.05) is 0 Å². The molecule has 25 heteroatoms. The third kappa shape index (κ3) is 8.83. The number of nitrogens with two attached hydrogens (primary N) is 2. The van der Waals surface area contributed by atoms with Gasteiger partial charge in [-0.1, -0.05) is 12.1 Å². The highest BCUT2D eigenvalue weighted by Crippen LogP contribution is 2.42. The van der Waals surface area contributed by atoms with Crippen molar-refractivity contribution in [3.05, 3.63) is 90.5 Å². The highest BCUT2D eigenvalue weighted by atomic mass is 32.2. The van der Waals surface area contributed by atoms with Gasteiger partial charge in [-0.2, -0.15) is 25.3 Å². The normalized spacial score (nSPS) is 12.4. The van der Waals surface area contributed by atoms with Gasteiger partial charge in [-0.25, -0.2) is 9.59 Å². The maximum atomic E-state index is 12.9. The molecule has 59 heavy (non-hydrogen) atoms. The number of rotatable bonds is 10. The van der Waals surface area contributed by atoms with Crippen molar-refractivity contribution in [3.63, 3.8) is 0 Å². The molecule has 0 saturated heterocycles. The molecule has 12 N–H and O–H groups in total. The number of carbonyl (C=O) groups excluding carboxylic acids is 1. The van der Waals surface area contributed by atoms with Gasteiger partial charge in [0.05, 0.1) is 37.5 Å². The number of nitrogens with zero attached hydrogens (tertiary/aromatic N) is 4. The number of nitrogens with one attached hydrogen (secondary N) is 2. The second-order valence-corrected chi connectivity index (χ2v) is 16.4. The number of hydrogen-bond donors (Lipinski definition) is 10. The van der Waals surface area contributed by atoms with Crippen LogP contribution in [0.3, 0.4) is 0 Å². The van der Waals surface area contributed by atoms with E-state index in [0.717, 1.165) is 54.6 Å². The Balaban J connectivity index is 1.25. The Morgan fingerprint density at radius 2 is 0.983 bits per heavy atom. The van der Waals surface area contributed by atoms with Crippen LogP contribution in [0.4, 0.5) is 50.3 Å². The number of phenols is 2. The SMILES string of the molecule is Nc1ccc2cc(S(=O)(=O)O)cc(O)c2c1N=Nc1ccc(NC(=O)Nc2ccc(N=Nc3c(N)ccc4cc(S(=O)(=O)O)cc(O)c34)c(S(=O)(=O)O)c2)cc1C(=O)O. The molecule has 0 atom stereocenters. The van der Waals surface area contributed by atoms with Gasteiger partial charge in [0.2, 0.25) is 0 Å². The van der Waals surface area contributed by atoms with Gasteiger partial charge in [0.25, 0.3) is 30.4 Å². The van der Waals surface area contributed by atoms with Gasteiger partial charge >= 0.3 is 12.0 Å². The summed E-state index contributed by atoms with van der Waals surface area (Å²) in [6, 6.07) is 14.2. The third-order valence-corrected chi connectivity index (χ3v) is 10.8. The van der Waals surface area contributed by atoms with Crippen LogP contribution in [0.1, 0.15) is 10.4 Å². The van der Waals surface area contributed by atoms with Gasteiger partial charge in [-0.15, -0.1) is 20.5 Å². The highest BCUT2D eigenvalue weighted by molar-refractivity contribution is 7.86. The summed E-state index contributed by atoms with van der Waals surface area (Å²) in [6.45, 7) is 0. The smallest absolute Gasteiger partial charge is 0.338 e. The summed E-state index contributed by atoms with van der Waals surface area (Å²) >= 11 is 0. The summed E-state index contributed by atoms with van der Waals surface area (Å²) in [5.74, 6) is -2.81. The summed E-state index contributed by atoms with van der Waals surface area (Å²) < 4.78 is 99.8. The largest absolute Gasteiger partial charge is 0.507 e. The third-order valence-electron chi connectivity index (χ3n) is 8.24. The Bertz CT molecular complexity index is 3190. The van der Waals surface area contributed by atoms with E-state index < -0.39 is 79.8 Å².